The Labute approximate surface area is 232 Å². The monoisotopic (exact) mass is 650 g/mol. The Balaban J connectivity index is 0.000000227. The standard InChI is InChI=1S/C11H14FNO4S2.C6H6FN.C5H9ClO4S2/c12-9-2-1-3-10(8-9)13-19(16,17)11-4-6-18(14,15)7-5-11;7-5-2-1-3-6(8)4-5;6-12(9,10)5-1-3-11(7,8)4-2-5/h1-3,8,11,13H,4-7H2;1-4H,8H2;5H,1-4H2. The molecule has 0 spiro atoms. The second-order valence-electron chi connectivity index (χ2n) is 8.89. The quantitative estimate of drug-likeness (QED) is 0.372. The molecule has 2 aliphatic heterocycles. The average molecular weight is 651 g/mol. The minimum atomic E-state index is -3.68. The summed E-state index contributed by atoms with van der Waals surface area (Å²) in [6.45, 7) is 0. The van der Waals surface area contributed by atoms with Gasteiger partial charge in [0.1, 0.15) is 31.3 Å². The summed E-state index contributed by atoms with van der Waals surface area (Å²) in [5.74, 6) is -1.20. The van der Waals surface area contributed by atoms with Crippen molar-refractivity contribution in [1.82, 2.24) is 0 Å². The van der Waals surface area contributed by atoms with Gasteiger partial charge in [0, 0.05) is 16.4 Å². The summed E-state index contributed by atoms with van der Waals surface area (Å²) in [5.41, 5.74) is 5.83. The maximum Gasteiger partial charge on any atom is 0.235 e. The third kappa shape index (κ3) is 11.9. The number of benzene rings is 2. The molecule has 2 aromatic carbocycles. The molecule has 2 fully saturated rings. The first-order valence-corrected chi connectivity index (χ1v) is 19.1. The van der Waals surface area contributed by atoms with E-state index in [1.165, 1.54) is 30.3 Å². The first-order chi connectivity index (χ1) is 17.9. The molecule has 0 saturated carbocycles. The van der Waals surface area contributed by atoms with Crippen molar-refractivity contribution in [1.29, 1.82) is 0 Å². The zero-order valence-corrected chi connectivity index (χ0v) is 24.6. The Kier molecular flexibility index (Phi) is 11.5. The van der Waals surface area contributed by atoms with Gasteiger partial charge in [-0.1, -0.05) is 12.1 Å². The first kappa shape index (κ1) is 33.2. The van der Waals surface area contributed by atoms with Crippen LogP contribution in [0.3, 0.4) is 0 Å². The van der Waals surface area contributed by atoms with Crippen LogP contribution < -0.4 is 10.5 Å². The smallest absolute Gasteiger partial charge is 0.235 e. The predicted molar refractivity (Wildman–Crippen MR) is 148 cm³/mol. The molecule has 0 radical (unpaired) electrons. The topological polar surface area (TPSA) is 175 Å². The zero-order chi connectivity index (χ0) is 29.5. The van der Waals surface area contributed by atoms with Gasteiger partial charge in [-0.2, -0.15) is 0 Å². The summed E-state index contributed by atoms with van der Waals surface area (Å²) < 4.78 is 117. The Morgan fingerprint density at radius 1 is 0.744 bits per heavy atom. The summed E-state index contributed by atoms with van der Waals surface area (Å²) in [5, 5.41) is -1.43. The number of nitrogens with two attached hydrogens (primary N) is 1. The zero-order valence-electron chi connectivity index (χ0n) is 20.5. The van der Waals surface area contributed by atoms with Crippen molar-refractivity contribution in [2.24, 2.45) is 0 Å². The number of nitrogen functional groups attached to an aromatic ring is 1. The molecule has 0 bridgehead atoms. The maximum absolute atomic E-state index is 13.0. The summed E-state index contributed by atoms with van der Waals surface area (Å²) >= 11 is 0. The van der Waals surface area contributed by atoms with E-state index in [9.17, 15) is 42.5 Å². The van der Waals surface area contributed by atoms with E-state index in [4.69, 9.17) is 16.4 Å². The van der Waals surface area contributed by atoms with Crippen LogP contribution in [0.25, 0.3) is 0 Å². The predicted octanol–water partition coefficient (Wildman–Crippen LogP) is 2.68. The number of nitrogens with one attached hydrogen (secondary N) is 1. The van der Waals surface area contributed by atoms with Gasteiger partial charge < -0.3 is 5.73 Å². The molecule has 2 aromatic rings. The van der Waals surface area contributed by atoms with Gasteiger partial charge in [0.25, 0.3) is 0 Å². The van der Waals surface area contributed by atoms with E-state index in [1.807, 2.05) is 0 Å². The molecular weight excluding hydrogens is 622 g/mol. The third-order valence-corrected chi connectivity index (χ3v) is 13.1. The van der Waals surface area contributed by atoms with Crippen molar-refractivity contribution in [3.63, 3.8) is 0 Å². The Hall–Kier alpha value is -2.01. The van der Waals surface area contributed by atoms with E-state index in [1.54, 1.807) is 12.1 Å². The van der Waals surface area contributed by atoms with Crippen LogP contribution in [0.2, 0.25) is 0 Å². The fourth-order valence-corrected chi connectivity index (χ4v) is 10.0. The number of anilines is 2. The third-order valence-electron chi connectivity index (χ3n) is 5.77. The highest BCUT2D eigenvalue weighted by molar-refractivity contribution is 8.14. The van der Waals surface area contributed by atoms with Crippen LogP contribution in [0.1, 0.15) is 25.7 Å². The molecule has 17 heteroatoms. The van der Waals surface area contributed by atoms with Crippen molar-refractivity contribution in [3.05, 3.63) is 60.2 Å². The lowest BCUT2D eigenvalue weighted by Gasteiger charge is -2.22. The van der Waals surface area contributed by atoms with E-state index in [2.05, 4.69) is 4.72 Å². The van der Waals surface area contributed by atoms with Crippen LogP contribution in [0.15, 0.2) is 48.5 Å². The normalized spacial score (nSPS) is 19.5. The van der Waals surface area contributed by atoms with Crippen LogP contribution in [-0.2, 0) is 38.7 Å². The van der Waals surface area contributed by atoms with Gasteiger partial charge in [-0.25, -0.2) is 42.5 Å². The lowest BCUT2D eigenvalue weighted by Crippen LogP contribution is -2.36. The van der Waals surface area contributed by atoms with E-state index < -0.39 is 55.1 Å². The van der Waals surface area contributed by atoms with E-state index in [-0.39, 0.29) is 60.2 Å². The van der Waals surface area contributed by atoms with Crippen LogP contribution in [0.5, 0.6) is 0 Å². The molecular formula is C22H29ClF2N2O8S4. The number of halogens is 3. The Morgan fingerprint density at radius 3 is 1.56 bits per heavy atom. The minimum absolute atomic E-state index is 0.0659. The van der Waals surface area contributed by atoms with Gasteiger partial charge in [-0.3, -0.25) is 4.72 Å². The maximum atomic E-state index is 13.0. The van der Waals surface area contributed by atoms with Crippen molar-refractivity contribution in [3.8, 4) is 0 Å². The number of rotatable bonds is 4. The van der Waals surface area contributed by atoms with Crippen molar-refractivity contribution < 1.29 is 42.5 Å². The number of hydrogen-bond donors (Lipinski definition) is 2. The van der Waals surface area contributed by atoms with Gasteiger partial charge in [0.15, 0.2) is 0 Å². The largest absolute Gasteiger partial charge is 0.399 e. The summed E-state index contributed by atoms with van der Waals surface area (Å²) in [4.78, 5) is 0. The van der Waals surface area contributed by atoms with Crippen LogP contribution >= 0.6 is 10.7 Å². The molecule has 0 amide bonds. The van der Waals surface area contributed by atoms with Crippen LogP contribution in [-0.4, -0.2) is 67.2 Å². The molecule has 0 aliphatic carbocycles. The molecule has 4 rings (SSSR count). The van der Waals surface area contributed by atoms with Crippen LogP contribution in [0, 0.1) is 11.6 Å². The van der Waals surface area contributed by atoms with Gasteiger partial charge in [0.2, 0.25) is 19.1 Å². The highest BCUT2D eigenvalue weighted by Gasteiger charge is 2.33. The SMILES string of the molecule is Nc1cccc(F)c1.O=S1(=O)CCC(S(=O)(=O)Cl)CC1.O=S1(=O)CCC(S(=O)(=O)Nc2cccc(F)c2)CC1. The molecule has 10 nitrogen and oxygen atoms in total. The second-order valence-corrected chi connectivity index (χ2v) is 18.4. The van der Waals surface area contributed by atoms with Crippen molar-refractivity contribution >= 4 is 60.8 Å². The van der Waals surface area contributed by atoms with Gasteiger partial charge >= 0.3 is 0 Å². The number of hydrogen-bond acceptors (Lipinski definition) is 9. The molecule has 2 heterocycles. The van der Waals surface area contributed by atoms with Crippen molar-refractivity contribution in [2.45, 2.75) is 36.2 Å². The van der Waals surface area contributed by atoms with Crippen molar-refractivity contribution in [2.75, 3.05) is 33.5 Å². The first-order valence-electron chi connectivity index (χ1n) is 11.5. The minimum Gasteiger partial charge on any atom is -0.399 e. The molecule has 39 heavy (non-hydrogen) atoms. The fourth-order valence-electron chi connectivity index (χ4n) is 3.63. The van der Waals surface area contributed by atoms with Crippen LogP contribution in [0.4, 0.5) is 20.2 Å². The van der Waals surface area contributed by atoms with Gasteiger partial charge in [-0.15, -0.1) is 0 Å². The summed E-state index contributed by atoms with van der Waals surface area (Å²) in [6.07, 6.45) is 0.419. The Morgan fingerprint density at radius 2 is 1.18 bits per heavy atom. The second kappa shape index (κ2) is 13.6. The molecule has 0 unspecified atom stereocenters. The lowest BCUT2D eigenvalue weighted by molar-refractivity contribution is 0.554. The Bertz CT molecular complexity index is 1520. The number of sulfonamides is 1. The summed E-state index contributed by atoms with van der Waals surface area (Å²) in [6, 6.07) is 11.0. The highest BCUT2D eigenvalue weighted by atomic mass is 35.7. The summed E-state index contributed by atoms with van der Waals surface area (Å²) in [7, 11) is -8.28. The molecule has 0 aromatic heterocycles. The molecule has 2 saturated heterocycles. The molecule has 2 aliphatic rings. The van der Waals surface area contributed by atoms with Gasteiger partial charge in [-0.05, 0) is 62.1 Å². The van der Waals surface area contributed by atoms with E-state index in [0.717, 1.165) is 6.07 Å². The highest BCUT2D eigenvalue weighted by Crippen LogP contribution is 2.23. The van der Waals surface area contributed by atoms with E-state index in [0.29, 0.717) is 5.69 Å². The van der Waals surface area contributed by atoms with E-state index >= 15 is 0 Å². The average Bonchev–Trinajstić information content (AvgIpc) is 2.78. The lowest BCUT2D eigenvalue weighted by atomic mass is 10.2. The molecule has 3 N–H and O–H groups in total. The van der Waals surface area contributed by atoms with Gasteiger partial charge in [0.05, 0.1) is 39.2 Å². The fraction of sp³-hybridized carbons (Fsp3) is 0.455. The number of sulfone groups is 2. The molecule has 0 atom stereocenters. The molecule has 220 valence electrons.